The van der Waals surface area contributed by atoms with E-state index in [9.17, 15) is 18.0 Å². The lowest BCUT2D eigenvalue weighted by Gasteiger charge is -2.24. The zero-order valence-corrected chi connectivity index (χ0v) is 22.0. The molecule has 1 atom stereocenters. The summed E-state index contributed by atoms with van der Waals surface area (Å²) in [4.78, 5) is 26.0. The summed E-state index contributed by atoms with van der Waals surface area (Å²) in [5, 5.41) is 5.89. The Kier molecular flexibility index (Phi) is 8.71. The van der Waals surface area contributed by atoms with Crippen LogP contribution in [0.1, 0.15) is 23.2 Å². The number of ether oxygens (including phenoxy) is 1. The number of amides is 2. The van der Waals surface area contributed by atoms with E-state index in [1.54, 1.807) is 42.5 Å². The minimum Gasteiger partial charge on any atom is -0.376 e. The van der Waals surface area contributed by atoms with Crippen LogP contribution in [0.2, 0.25) is 10.0 Å². The van der Waals surface area contributed by atoms with Crippen molar-refractivity contribution in [3.8, 4) is 0 Å². The molecule has 1 aliphatic rings. The number of benzene rings is 3. The molecule has 8 nitrogen and oxygen atoms in total. The molecular weight excluding hydrogens is 537 g/mol. The number of halogens is 2. The fourth-order valence-corrected chi connectivity index (χ4v) is 5.62. The third-order valence-corrected chi connectivity index (χ3v) is 8.30. The summed E-state index contributed by atoms with van der Waals surface area (Å²) in [5.74, 6) is -1.02. The Hall–Kier alpha value is -3.11. The van der Waals surface area contributed by atoms with Crippen molar-refractivity contribution in [1.29, 1.82) is 0 Å². The van der Waals surface area contributed by atoms with E-state index < -0.39 is 22.5 Å². The summed E-state index contributed by atoms with van der Waals surface area (Å²) in [6.07, 6.45) is 1.79. The van der Waals surface area contributed by atoms with Gasteiger partial charge in [-0.05, 0) is 55.3 Å². The monoisotopic (exact) mass is 561 g/mol. The smallest absolute Gasteiger partial charge is 0.264 e. The molecule has 37 heavy (non-hydrogen) atoms. The van der Waals surface area contributed by atoms with Crippen LogP contribution in [0.3, 0.4) is 0 Å². The van der Waals surface area contributed by atoms with Gasteiger partial charge in [-0.3, -0.25) is 13.9 Å². The van der Waals surface area contributed by atoms with Crippen molar-refractivity contribution in [2.24, 2.45) is 0 Å². The first-order valence-corrected chi connectivity index (χ1v) is 13.8. The third-order valence-electron chi connectivity index (χ3n) is 5.77. The molecule has 194 valence electrons. The second-order valence-electron chi connectivity index (χ2n) is 8.36. The first-order valence-electron chi connectivity index (χ1n) is 11.6. The molecule has 2 N–H and O–H groups in total. The molecule has 0 spiro atoms. The number of carbonyl (C=O) groups excluding carboxylic acids is 2. The molecule has 0 saturated carbocycles. The molecule has 3 aromatic carbocycles. The van der Waals surface area contributed by atoms with Gasteiger partial charge in [0.25, 0.3) is 15.9 Å². The Morgan fingerprint density at radius 3 is 2.41 bits per heavy atom. The van der Waals surface area contributed by atoms with Crippen LogP contribution in [0.5, 0.6) is 0 Å². The lowest BCUT2D eigenvalue weighted by atomic mass is 10.1. The van der Waals surface area contributed by atoms with Gasteiger partial charge in [0.2, 0.25) is 5.91 Å². The number of nitrogens with zero attached hydrogens (tertiary/aromatic N) is 1. The van der Waals surface area contributed by atoms with E-state index in [0.717, 1.165) is 17.1 Å². The molecule has 1 heterocycles. The summed E-state index contributed by atoms with van der Waals surface area (Å²) in [7, 11) is -4.14. The fourth-order valence-electron chi connectivity index (χ4n) is 3.89. The van der Waals surface area contributed by atoms with Crippen LogP contribution in [0.15, 0.2) is 77.7 Å². The van der Waals surface area contributed by atoms with Crippen molar-refractivity contribution in [2.75, 3.05) is 29.3 Å². The summed E-state index contributed by atoms with van der Waals surface area (Å²) in [6, 6.07) is 18.6. The molecule has 2 amide bonds. The van der Waals surface area contributed by atoms with E-state index in [0.29, 0.717) is 13.2 Å². The number of anilines is 2. The van der Waals surface area contributed by atoms with E-state index in [-0.39, 0.29) is 43.9 Å². The highest BCUT2D eigenvalue weighted by Gasteiger charge is 2.28. The molecule has 0 unspecified atom stereocenters. The lowest BCUT2D eigenvalue weighted by Crippen LogP contribution is -2.38. The molecule has 4 rings (SSSR count). The number of para-hydroxylation sites is 1. The van der Waals surface area contributed by atoms with Crippen molar-refractivity contribution in [3.63, 3.8) is 0 Å². The van der Waals surface area contributed by atoms with Crippen LogP contribution >= 0.6 is 23.2 Å². The summed E-state index contributed by atoms with van der Waals surface area (Å²) in [6.45, 7) is 0.469. The van der Waals surface area contributed by atoms with Gasteiger partial charge in [0, 0.05) is 13.2 Å². The van der Waals surface area contributed by atoms with Crippen molar-refractivity contribution in [1.82, 2.24) is 5.32 Å². The largest absolute Gasteiger partial charge is 0.376 e. The van der Waals surface area contributed by atoms with Gasteiger partial charge in [0.1, 0.15) is 6.54 Å². The van der Waals surface area contributed by atoms with Crippen molar-refractivity contribution >= 4 is 56.4 Å². The standard InChI is InChI=1S/C26H25Cl2N3O5S/c27-22-13-12-18(15-23(22)28)31(37(34,35)20-8-2-1-3-9-20)17-25(32)30-24-11-5-4-10-21(24)26(33)29-16-19-7-6-14-36-19/h1-5,8-13,15,19H,6-7,14,16-17H2,(H,29,33)(H,30,32)/t19-/m1/s1. The van der Waals surface area contributed by atoms with E-state index in [1.807, 2.05) is 0 Å². The summed E-state index contributed by atoms with van der Waals surface area (Å²) < 4.78 is 33.5. The maximum Gasteiger partial charge on any atom is 0.264 e. The first kappa shape index (κ1) is 26.9. The molecule has 3 aromatic rings. The van der Waals surface area contributed by atoms with Gasteiger partial charge in [-0.15, -0.1) is 0 Å². The molecule has 0 bridgehead atoms. The molecule has 1 aliphatic heterocycles. The molecule has 11 heteroatoms. The second-order valence-corrected chi connectivity index (χ2v) is 11.0. The highest BCUT2D eigenvalue weighted by Crippen LogP contribution is 2.30. The Bertz CT molecular complexity index is 1380. The van der Waals surface area contributed by atoms with Crippen molar-refractivity contribution in [2.45, 2.75) is 23.8 Å². The van der Waals surface area contributed by atoms with Gasteiger partial charge in [0.15, 0.2) is 0 Å². The van der Waals surface area contributed by atoms with E-state index in [2.05, 4.69) is 10.6 Å². The predicted octanol–water partition coefficient (Wildman–Crippen LogP) is 4.74. The van der Waals surface area contributed by atoms with Crippen LogP contribution in [-0.2, 0) is 19.6 Å². The summed E-state index contributed by atoms with van der Waals surface area (Å²) >= 11 is 12.2. The van der Waals surface area contributed by atoms with E-state index in [4.69, 9.17) is 27.9 Å². The first-order chi connectivity index (χ1) is 17.8. The van der Waals surface area contributed by atoms with Gasteiger partial charge < -0.3 is 15.4 Å². The molecule has 0 aromatic heterocycles. The van der Waals surface area contributed by atoms with E-state index in [1.165, 1.54) is 30.3 Å². The molecule has 0 radical (unpaired) electrons. The van der Waals surface area contributed by atoms with Crippen LogP contribution in [-0.4, -0.2) is 46.0 Å². The van der Waals surface area contributed by atoms with Crippen LogP contribution in [0.25, 0.3) is 0 Å². The molecule has 1 fully saturated rings. The van der Waals surface area contributed by atoms with Crippen molar-refractivity contribution < 1.29 is 22.7 Å². The maximum absolute atomic E-state index is 13.5. The number of nitrogens with one attached hydrogen (secondary N) is 2. The van der Waals surface area contributed by atoms with Crippen LogP contribution < -0.4 is 14.9 Å². The lowest BCUT2D eigenvalue weighted by molar-refractivity contribution is -0.114. The van der Waals surface area contributed by atoms with Crippen LogP contribution in [0.4, 0.5) is 11.4 Å². The number of carbonyl (C=O) groups is 2. The maximum atomic E-state index is 13.5. The SMILES string of the molecule is O=C(CN(c1ccc(Cl)c(Cl)c1)S(=O)(=O)c1ccccc1)Nc1ccccc1C(=O)NC[C@H]1CCCO1. The average molecular weight is 562 g/mol. The number of hydrogen-bond acceptors (Lipinski definition) is 5. The van der Waals surface area contributed by atoms with E-state index >= 15 is 0 Å². The fraction of sp³-hybridized carbons (Fsp3) is 0.231. The Balaban J connectivity index is 1.56. The second kappa shape index (κ2) is 12.0. The number of rotatable bonds is 9. The van der Waals surface area contributed by atoms with Gasteiger partial charge >= 0.3 is 0 Å². The average Bonchev–Trinajstić information content (AvgIpc) is 3.42. The Morgan fingerprint density at radius 1 is 0.973 bits per heavy atom. The quantitative estimate of drug-likeness (QED) is 0.392. The highest BCUT2D eigenvalue weighted by molar-refractivity contribution is 7.92. The van der Waals surface area contributed by atoms with Gasteiger partial charge in [-0.25, -0.2) is 8.42 Å². The van der Waals surface area contributed by atoms with Gasteiger partial charge in [0.05, 0.1) is 38.0 Å². The third kappa shape index (κ3) is 6.61. The highest BCUT2D eigenvalue weighted by atomic mass is 35.5. The predicted molar refractivity (Wildman–Crippen MR) is 144 cm³/mol. The Morgan fingerprint density at radius 2 is 1.70 bits per heavy atom. The van der Waals surface area contributed by atoms with Crippen LogP contribution in [0, 0.1) is 0 Å². The topological polar surface area (TPSA) is 105 Å². The molecular formula is C26H25Cl2N3O5S. The molecule has 0 aliphatic carbocycles. The zero-order valence-electron chi connectivity index (χ0n) is 19.7. The minimum atomic E-state index is -4.14. The molecule has 1 saturated heterocycles. The number of hydrogen-bond donors (Lipinski definition) is 2. The summed E-state index contributed by atoms with van der Waals surface area (Å²) in [5.41, 5.74) is 0.667. The Labute approximate surface area is 225 Å². The number of sulfonamides is 1. The minimum absolute atomic E-state index is 0.00258. The van der Waals surface area contributed by atoms with Gasteiger partial charge in [-0.2, -0.15) is 0 Å². The zero-order chi connectivity index (χ0) is 26.4. The van der Waals surface area contributed by atoms with Gasteiger partial charge in [-0.1, -0.05) is 53.5 Å². The van der Waals surface area contributed by atoms with Crippen molar-refractivity contribution in [3.05, 3.63) is 88.4 Å². The normalized spacial score (nSPS) is 15.2.